The molecule has 8 heteroatoms. The van der Waals surface area contributed by atoms with Gasteiger partial charge in [0, 0.05) is 7.05 Å². The van der Waals surface area contributed by atoms with Gasteiger partial charge in [0.05, 0.1) is 24.8 Å². The number of carbonyl (C=O) groups excluding carboxylic acids is 1. The van der Waals surface area contributed by atoms with Gasteiger partial charge < -0.3 is 20.4 Å². The van der Waals surface area contributed by atoms with Gasteiger partial charge >= 0.3 is 0 Å². The number of fused-ring (bicyclic) bond motifs is 1. The van der Waals surface area contributed by atoms with Crippen LogP contribution in [0.5, 0.6) is 0 Å². The Morgan fingerprint density at radius 2 is 2.00 bits per heavy atom. The molecule has 156 valence electrons. The van der Waals surface area contributed by atoms with Crippen LogP contribution < -0.4 is 15.6 Å². The van der Waals surface area contributed by atoms with Gasteiger partial charge in [-0.1, -0.05) is 36.4 Å². The third kappa shape index (κ3) is 4.65. The summed E-state index contributed by atoms with van der Waals surface area (Å²) in [6, 6.07) is 9.69. The summed E-state index contributed by atoms with van der Waals surface area (Å²) in [5.41, 5.74) is 0.353. The van der Waals surface area contributed by atoms with Gasteiger partial charge in [0.2, 0.25) is 5.91 Å². The van der Waals surface area contributed by atoms with Gasteiger partial charge in [-0.3, -0.25) is 4.79 Å². The van der Waals surface area contributed by atoms with E-state index in [9.17, 15) is 4.79 Å². The lowest BCUT2D eigenvalue weighted by Gasteiger charge is -2.33. The fourth-order valence-electron chi connectivity index (χ4n) is 2.98. The maximum absolute atomic E-state index is 12.8. The number of nitrogens with one attached hydrogen (secondary N) is 2. The number of carbonyl (C=O) groups is 1. The van der Waals surface area contributed by atoms with Crippen LogP contribution in [0.4, 0.5) is 0 Å². The number of rotatable bonds is 8. The van der Waals surface area contributed by atoms with E-state index in [0.717, 1.165) is 11.4 Å². The molecule has 2 atom stereocenters. The van der Waals surface area contributed by atoms with Gasteiger partial charge in [-0.15, -0.1) is 10.2 Å². The number of likely N-dealkylation sites (N-methyl/N-ethyl adjacent to an activating group) is 2. The van der Waals surface area contributed by atoms with E-state index in [4.69, 9.17) is 4.74 Å². The Morgan fingerprint density at radius 3 is 2.69 bits per heavy atom. The van der Waals surface area contributed by atoms with Crippen LogP contribution in [0.25, 0.3) is 6.08 Å². The van der Waals surface area contributed by atoms with E-state index >= 15 is 0 Å². The highest BCUT2D eigenvalue weighted by molar-refractivity contribution is 5.85. The SMILES string of the molecule is CNC(C)(C)C(=O)NC(COCc1ccccc1)c1nnc2n1N(C)C(C)C=C2. The molecule has 29 heavy (non-hydrogen) atoms. The molecule has 1 aromatic carbocycles. The standard InChI is InChI=1S/C21H30N6O2/c1-15-11-12-18-24-25-19(27(18)26(15)5)17(23-20(28)21(2,3)22-4)14-29-13-16-9-7-6-8-10-16/h6-12,15,17,22H,13-14H2,1-5H3,(H,23,28). The van der Waals surface area contributed by atoms with Gasteiger partial charge in [-0.2, -0.15) is 0 Å². The largest absolute Gasteiger partial charge is 0.374 e. The first kappa shape index (κ1) is 21.0. The zero-order chi connectivity index (χ0) is 21.0. The minimum atomic E-state index is -0.721. The molecular weight excluding hydrogens is 368 g/mol. The highest BCUT2D eigenvalue weighted by Gasteiger charge is 2.32. The highest BCUT2D eigenvalue weighted by atomic mass is 16.5. The van der Waals surface area contributed by atoms with Crippen LogP contribution in [0, 0.1) is 0 Å². The highest BCUT2D eigenvalue weighted by Crippen LogP contribution is 2.20. The fraction of sp³-hybridized carbons (Fsp3) is 0.476. The van der Waals surface area contributed by atoms with Gasteiger partial charge in [0.15, 0.2) is 11.6 Å². The summed E-state index contributed by atoms with van der Waals surface area (Å²) in [4.78, 5) is 12.8. The first-order valence-corrected chi connectivity index (χ1v) is 9.81. The molecule has 0 radical (unpaired) electrons. The van der Waals surface area contributed by atoms with E-state index in [1.165, 1.54) is 0 Å². The molecule has 0 fully saturated rings. The molecule has 1 aliphatic heterocycles. The summed E-state index contributed by atoms with van der Waals surface area (Å²) in [5.74, 6) is 1.25. The molecule has 2 unspecified atom stereocenters. The zero-order valence-electron chi connectivity index (χ0n) is 17.7. The van der Waals surface area contributed by atoms with Crippen molar-refractivity contribution in [3.63, 3.8) is 0 Å². The number of benzene rings is 1. The monoisotopic (exact) mass is 398 g/mol. The summed E-state index contributed by atoms with van der Waals surface area (Å²) in [5, 5.41) is 16.8. The number of hydrogen-bond acceptors (Lipinski definition) is 6. The Labute approximate surface area is 171 Å². The van der Waals surface area contributed by atoms with Crippen LogP contribution >= 0.6 is 0 Å². The molecule has 1 amide bonds. The number of nitrogens with zero attached hydrogens (tertiary/aromatic N) is 4. The molecule has 2 N–H and O–H groups in total. The van der Waals surface area contributed by atoms with E-state index in [1.807, 2.05) is 67.0 Å². The van der Waals surface area contributed by atoms with Crippen LogP contribution in [0.3, 0.4) is 0 Å². The first-order valence-electron chi connectivity index (χ1n) is 9.81. The van der Waals surface area contributed by atoms with Crippen molar-refractivity contribution in [1.82, 2.24) is 25.5 Å². The van der Waals surface area contributed by atoms with Crippen LogP contribution in [0.2, 0.25) is 0 Å². The van der Waals surface area contributed by atoms with Crippen LogP contribution in [-0.4, -0.2) is 53.1 Å². The van der Waals surface area contributed by atoms with Crippen molar-refractivity contribution in [2.24, 2.45) is 0 Å². The summed E-state index contributed by atoms with van der Waals surface area (Å²) >= 11 is 0. The van der Waals surface area contributed by atoms with Crippen LogP contribution in [-0.2, 0) is 16.1 Å². The molecule has 0 spiro atoms. The van der Waals surface area contributed by atoms with E-state index in [-0.39, 0.29) is 18.6 Å². The Bertz CT molecular complexity index is 861. The minimum absolute atomic E-state index is 0.132. The molecule has 0 saturated heterocycles. The molecule has 1 aliphatic rings. The summed E-state index contributed by atoms with van der Waals surface area (Å²) in [7, 11) is 3.74. The minimum Gasteiger partial charge on any atom is -0.374 e. The predicted molar refractivity (Wildman–Crippen MR) is 113 cm³/mol. The summed E-state index contributed by atoms with van der Waals surface area (Å²) in [6.45, 7) is 6.49. The van der Waals surface area contributed by atoms with Gasteiger partial charge in [-0.25, -0.2) is 4.68 Å². The van der Waals surface area contributed by atoms with Crippen molar-refractivity contribution in [2.45, 2.75) is 45.0 Å². The average molecular weight is 399 g/mol. The number of ether oxygens (including phenoxy) is 1. The molecule has 8 nitrogen and oxygen atoms in total. The van der Waals surface area contributed by atoms with Crippen molar-refractivity contribution in [2.75, 3.05) is 25.7 Å². The van der Waals surface area contributed by atoms with E-state index in [0.29, 0.717) is 12.4 Å². The Kier molecular flexibility index (Phi) is 6.34. The second kappa shape index (κ2) is 8.75. The summed E-state index contributed by atoms with van der Waals surface area (Å²) in [6.07, 6.45) is 4.01. The Morgan fingerprint density at radius 1 is 1.28 bits per heavy atom. The van der Waals surface area contributed by atoms with Gasteiger partial charge in [-0.05, 0) is 39.5 Å². The molecule has 0 aliphatic carbocycles. The van der Waals surface area contributed by atoms with E-state index in [2.05, 4.69) is 33.8 Å². The first-order chi connectivity index (χ1) is 13.8. The van der Waals surface area contributed by atoms with Gasteiger partial charge in [0.1, 0.15) is 6.04 Å². The van der Waals surface area contributed by atoms with E-state index in [1.54, 1.807) is 7.05 Å². The smallest absolute Gasteiger partial charge is 0.240 e. The van der Waals surface area contributed by atoms with Crippen molar-refractivity contribution >= 4 is 12.0 Å². The second-order valence-electron chi connectivity index (χ2n) is 7.80. The molecular formula is C21H30N6O2. The topological polar surface area (TPSA) is 84.3 Å². The maximum Gasteiger partial charge on any atom is 0.240 e. The zero-order valence-corrected chi connectivity index (χ0v) is 17.7. The number of aromatic nitrogens is 3. The molecule has 2 heterocycles. The quantitative estimate of drug-likeness (QED) is 0.703. The lowest BCUT2D eigenvalue weighted by molar-refractivity contribution is -0.127. The maximum atomic E-state index is 12.8. The lowest BCUT2D eigenvalue weighted by Crippen LogP contribution is -2.53. The van der Waals surface area contributed by atoms with E-state index < -0.39 is 11.6 Å². The number of amides is 1. The van der Waals surface area contributed by atoms with Crippen LogP contribution in [0.15, 0.2) is 36.4 Å². The van der Waals surface area contributed by atoms with Crippen molar-refractivity contribution in [3.8, 4) is 0 Å². The third-order valence-electron chi connectivity index (χ3n) is 5.32. The predicted octanol–water partition coefficient (Wildman–Crippen LogP) is 1.63. The second-order valence-corrected chi connectivity index (χ2v) is 7.80. The van der Waals surface area contributed by atoms with Crippen LogP contribution in [0.1, 0.15) is 44.0 Å². The Balaban J connectivity index is 1.82. The molecule has 3 rings (SSSR count). The molecule has 2 aromatic rings. The molecule has 0 saturated carbocycles. The Hall–Kier alpha value is -2.71. The van der Waals surface area contributed by atoms with Crippen molar-refractivity contribution in [3.05, 3.63) is 53.6 Å². The van der Waals surface area contributed by atoms with Crippen molar-refractivity contribution in [1.29, 1.82) is 0 Å². The fourth-order valence-corrected chi connectivity index (χ4v) is 2.98. The number of hydrogen-bond donors (Lipinski definition) is 2. The van der Waals surface area contributed by atoms with Crippen molar-refractivity contribution < 1.29 is 9.53 Å². The molecule has 0 bridgehead atoms. The normalized spacial score (nSPS) is 17.1. The van der Waals surface area contributed by atoms with Gasteiger partial charge in [0.25, 0.3) is 0 Å². The average Bonchev–Trinajstić information content (AvgIpc) is 3.15. The third-order valence-corrected chi connectivity index (χ3v) is 5.32. The summed E-state index contributed by atoms with van der Waals surface area (Å²) < 4.78 is 7.89. The molecule has 1 aromatic heterocycles. The lowest BCUT2D eigenvalue weighted by atomic mass is 10.0.